The van der Waals surface area contributed by atoms with Crippen LogP contribution in [-0.4, -0.2) is 23.2 Å². The Hall–Kier alpha value is -2.00. The van der Waals surface area contributed by atoms with Crippen molar-refractivity contribution in [2.75, 3.05) is 0 Å². The second-order valence-electron chi connectivity index (χ2n) is 6.67. The molecule has 0 aliphatic carbocycles. The van der Waals surface area contributed by atoms with Crippen molar-refractivity contribution in [3.8, 4) is 0 Å². The van der Waals surface area contributed by atoms with E-state index in [1.54, 1.807) is 12.1 Å². The monoisotopic (exact) mass is 436 g/mol. The van der Waals surface area contributed by atoms with E-state index in [1.165, 1.54) is 12.1 Å². The molecule has 1 unspecified atom stereocenters. The maximum atomic E-state index is 13.0. The summed E-state index contributed by atoms with van der Waals surface area (Å²) < 4.78 is 31.0. The van der Waals surface area contributed by atoms with Gasteiger partial charge in [-0.05, 0) is 62.3 Å². The van der Waals surface area contributed by atoms with Crippen molar-refractivity contribution in [2.45, 2.75) is 37.2 Å². The minimum atomic E-state index is -3.79. The van der Waals surface area contributed by atoms with E-state index in [2.05, 4.69) is 14.9 Å². The molecule has 0 aliphatic heterocycles. The Balaban J connectivity index is 2.02. The quantitative estimate of drug-likeness (QED) is 0.536. The van der Waals surface area contributed by atoms with Gasteiger partial charge in [0.2, 0.25) is 10.0 Å². The van der Waals surface area contributed by atoms with Crippen molar-refractivity contribution in [3.63, 3.8) is 0 Å². The largest absolute Gasteiger partial charge is 0.300 e. The van der Waals surface area contributed by atoms with E-state index in [-0.39, 0.29) is 10.9 Å². The summed E-state index contributed by atoms with van der Waals surface area (Å²) in [6.45, 7) is 3.95. The first-order chi connectivity index (χ1) is 13.3. The predicted molar refractivity (Wildman–Crippen MR) is 112 cm³/mol. The summed E-state index contributed by atoms with van der Waals surface area (Å²) in [4.78, 5) is 0.139. The Morgan fingerprint density at radius 3 is 2.39 bits per heavy atom. The van der Waals surface area contributed by atoms with Crippen LogP contribution in [0.5, 0.6) is 0 Å². The Morgan fingerprint density at radius 2 is 1.79 bits per heavy atom. The standard InChI is InChI=1S/C19H21ClN4O2S2/c1-13(2)24-18(21-22-19(24)27)17(12-14-6-4-3-5-7-14)23-28(25,26)16-10-8-15(20)9-11-16/h3-11,13,17,23H,12H2,1-2H3,(H,22,27). The SMILES string of the molecule is CC(C)n1c(C(Cc2ccccc2)NS(=O)(=O)c2ccc(Cl)cc2)n[nH]c1=S. The van der Waals surface area contributed by atoms with Gasteiger partial charge in [0.1, 0.15) is 5.82 Å². The lowest BCUT2D eigenvalue weighted by Crippen LogP contribution is -2.32. The molecule has 0 aliphatic rings. The molecule has 9 heteroatoms. The van der Waals surface area contributed by atoms with Gasteiger partial charge < -0.3 is 4.57 Å². The van der Waals surface area contributed by atoms with E-state index in [4.69, 9.17) is 23.8 Å². The number of H-pyrrole nitrogens is 1. The zero-order chi connectivity index (χ0) is 20.3. The van der Waals surface area contributed by atoms with Gasteiger partial charge >= 0.3 is 0 Å². The number of halogens is 1. The van der Waals surface area contributed by atoms with Crippen LogP contribution in [0.1, 0.15) is 37.3 Å². The Kier molecular flexibility index (Phi) is 6.34. The van der Waals surface area contributed by atoms with E-state index in [0.717, 1.165) is 5.56 Å². The summed E-state index contributed by atoms with van der Waals surface area (Å²) in [5.41, 5.74) is 0.982. The van der Waals surface area contributed by atoms with Gasteiger partial charge in [-0.2, -0.15) is 5.10 Å². The van der Waals surface area contributed by atoms with Gasteiger partial charge in [0.05, 0.1) is 10.9 Å². The average molecular weight is 437 g/mol. The lowest BCUT2D eigenvalue weighted by molar-refractivity contribution is 0.493. The van der Waals surface area contributed by atoms with Crippen LogP contribution in [0.4, 0.5) is 0 Å². The van der Waals surface area contributed by atoms with E-state index in [1.807, 2.05) is 48.7 Å². The average Bonchev–Trinajstić information content (AvgIpc) is 3.04. The van der Waals surface area contributed by atoms with Gasteiger partial charge in [0.15, 0.2) is 4.77 Å². The third kappa shape index (κ3) is 4.70. The summed E-state index contributed by atoms with van der Waals surface area (Å²) in [6.07, 6.45) is 0.431. The maximum Gasteiger partial charge on any atom is 0.241 e. The highest BCUT2D eigenvalue weighted by molar-refractivity contribution is 7.89. The normalized spacial score (nSPS) is 13.0. The van der Waals surface area contributed by atoms with Crippen molar-refractivity contribution in [3.05, 3.63) is 75.8 Å². The second kappa shape index (κ2) is 8.57. The van der Waals surface area contributed by atoms with Gasteiger partial charge in [-0.1, -0.05) is 41.9 Å². The predicted octanol–water partition coefficient (Wildman–Crippen LogP) is 4.44. The van der Waals surface area contributed by atoms with E-state index >= 15 is 0 Å². The molecule has 148 valence electrons. The molecule has 0 amide bonds. The summed E-state index contributed by atoms with van der Waals surface area (Å²) in [5.74, 6) is 0.543. The number of hydrogen-bond acceptors (Lipinski definition) is 4. The smallest absolute Gasteiger partial charge is 0.241 e. The van der Waals surface area contributed by atoms with Gasteiger partial charge in [-0.15, -0.1) is 0 Å². The third-order valence-electron chi connectivity index (χ3n) is 4.26. The highest BCUT2D eigenvalue weighted by atomic mass is 35.5. The van der Waals surface area contributed by atoms with Crippen molar-refractivity contribution >= 4 is 33.8 Å². The maximum absolute atomic E-state index is 13.0. The first-order valence-corrected chi connectivity index (χ1v) is 11.0. The van der Waals surface area contributed by atoms with Crippen LogP contribution in [-0.2, 0) is 16.4 Å². The van der Waals surface area contributed by atoms with Gasteiger partial charge in [-0.3, -0.25) is 5.10 Å². The molecule has 1 atom stereocenters. The molecule has 3 aromatic rings. The molecule has 0 saturated carbocycles. The molecule has 0 saturated heterocycles. The van der Waals surface area contributed by atoms with Crippen LogP contribution < -0.4 is 4.72 Å². The molecule has 2 aromatic carbocycles. The number of hydrogen-bond donors (Lipinski definition) is 2. The molecule has 1 heterocycles. The fourth-order valence-corrected chi connectivity index (χ4v) is 4.64. The fraction of sp³-hybridized carbons (Fsp3) is 0.263. The van der Waals surface area contributed by atoms with Gasteiger partial charge in [-0.25, -0.2) is 13.1 Å². The highest BCUT2D eigenvalue weighted by Crippen LogP contribution is 2.23. The van der Waals surface area contributed by atoms with Crippen molar-refractivity contribution in [1.29, 1.82) is 0 Å². The van der Waals surface area contributed by atoms with Crippen molar-refractivity contribution in [1.82, 2.24) is 19.5 Å². The minimum Gasteiger partial charge on any atom is -0.300 e. The Morgan fingerprint density at radius 1 is 1.14 bits per heavy atom. The zero-order valence-corrected chi connectivity index (χ0v) is 17.9. The molecule has 1 aromatic heterocycles. The lowest BCUT2D eigenvalue weighted by Gasteiger charge is -2.21. The number of aromatic amines is 1. The second-order valence-corrected chi connectivity index (χ2v) is 9.21. The zero-order valence-electron chi connectivity index (χ0n) is 15.5. The van der Waals surface area contributed by atoms with Crippen LogP contribution in [0.15, 0.2) is 59.5 Å². The van der Waals surface area contributed by atoms with E-state index in [0.29, 0.717) is 22.0 Å². The van der Waals surface area contributed by atoms with E-state index < -0.39 is 16.1 Å². The molecular weight excluding hydrogens is 416 g/mol. The molecule has 6 nitrogen and oxygen atoms in total. The highest BCUT2D eigenvalue weighted by Gasteiger charge is 2.26. The summed E-state index contributed by atoms with van der Waals surface area (Å²) in [5, 5.41) is 7.58. The van der Waals surface area contributed by atoms with Crippen molar-refractivity contribution < 1.29 is 8.42 Å². The van der Waals surface area contributed by atoms with Crippen LogP contribution in [0.2, 0.25) is 5.02 Å². The number of rotatable bonds is 7. The Bertz CT molecular complexity index is 1090. The third-order valence-corrected chi connectivity index (χ3v) is 6.29. The van der Waals surface area contributed by atoms with Gasteiger partial charge in [0.25, 0.3) is 0 Å². The van der Waals surface area contributed by atoms with Gasteiger partial charge in [0, 0.05) is 11.1 Å². The first-order valence-electron chi connectivity index (χ1n) is 8.76. The number of sulfonamides is 1. The fourth-order valence-electron chi connectivity index (χ4n) is 2.97. The molecule has 3 rings (SSSR count). The molecule has 28 heavy (non-hydrogen) atoms. The van der Waals surface area contributed by atoms with Crippen LogP contribution in [0, 0.1) is 4.77 Å². The van der Waals surface area contributed by atoms with Crippen LogP contribution >= 0.6 is 23.8 Å². The van der Waals surface area contributed by atoms with Crippen LogP contribution in [0.25, 0.3) is 0 Å². The lowest BCUT2D eigenvalue weighted by atomic mass is 10.1. The minimum absolute atomic E-state index is 0.0274. The molecular formula is C19H21ClN4O2S2. The van der Waals surface area contributed by atoms with Crippen LogP contribution in [0.3, 0.4) is 0 Å². The number of aromatic nitrogens is 3. The molecule has 0 spiro atoms. The number of benzene rings is 2. The molecule has 2 N–H and O–H groups in total. The molecule has 0 fully saturated rings. The summed E-state index contributed by atoms with van der Waals surface area (Å²) in [6, 6.07) is 15.1. The first kappa shape index (κ1) is 20.7. The molecule has 0 radical (unpaired) electrons. The Labute approximate surface area is 174 Å². The summed E-state index contributed by atoms with van der Waals surface area (Å²) in [7, 11) is -3.79. The van der Waals surface area contributed by atoms with Crippen molar-refractivity contribution in [2.24, 2.45) is 0 Å². The number of nitrogens with one attached hydrogen (secondary N) is 2. The molecule has 0 bridgehead atoms. The van der Waals surface area contributed by atoms with E-state index in [9.17, 15) is 8.42 Å². The summed E-state index contributed by atoms with van der Waals surface area (Å²) >= 11 is 11.2. The topological polar surface area (TPSA) is 79.8 Å². The number of nitrogens with zero attached hydrogens (tertiary/aromatic N) is 2.